The van der Waals surface area contributed by atoms with Crippen molar-refractivity contribution in [2.75, 3.05) is 13.1 Å². The van der Waals surface area contributed by atoms with Crippen LogP contribution >= 0.6 is 11.8 Å². The van der Waals surface area contributed by atoms with E-state index in [1.807, 2.05) is 0 Å². The lowest BCUT2D eigenvalue weighted by Crippen LogP contribution is -2.53. The van der Waals surface area contributed by atoms with Gasteiger partial charge in [-0.1, -0.05) is 11.8 Å². The Balaban J connectivity index is 1.68. The van der Waals surface area contributed by atoms with E-state index in [1.54, 1.807) is 6.33 Å². The van der Waals surface area contributed by atoms with Gasteiger partial charge in [-0.05, 0) is 12.8 Å². The Morgan fingerprint density at radius 2 is 2.11 bits per heavy atom. The molecule has 1 atom stereocenters. The molecule has 0 radical (unpaired) electrons. The summed E-state index contributed by atoms with van der Waals surface area (Å²) in [6.45, 7) is 2.04. The molecule has 5 heterocycles. The number of carbonyl (C=O) groups excluding carboxylic acids is 1. The second kappa shape index (κ2) is 4.28. The van der Waals surface area contributed by atoms with Crippen molar-refractivity contribution in [1.29, 1.82) is 0 Å². The Kier molecular flexibility index (Phi) is 2.56. The summed E-state index contributed by atoms with van der Waals surface area (Å²) < 4.78 is 0. The van der Waals surface area contributed by atoms with E-state index >= 15 is 0 Å². The number of H-pyrrole nitrogens is 1. The normalized spacial score (nSPS) is 30.1. The molecule has 0 saturated carbocycles. The summed E-state index contributed by atoms with van der Waals surface area (Å²) in [6, 6.07) is 0. The lowest BCUT2D eigenvalue weighted by atomic mass is 9.87. The third-order valence-corrected chi connectivity index (χ3v) is 5.20. The van der Waals surface area contributed by atoms with Crippen LogP contribution in [0.4, 0.5) is 0 Å². The molecule has 1 N–H and O–H groups in total. The number of piperidine rings is 3. The van der Waals surface area contributed by atoms with Gasteiger partial charge in [0.15, 0.2) is 11.4 Å². The van der Waals surface area contributed by atoms with Gasteiger partial charge in [0, 0.05) is 19.0 Å². The zero-order valence-electron chi connectivity index (χ0n) is 10.2. The molecule has 5 rings (SSSR count). The zero-order chi connectivity index (χ0) is 12.8. The molecule has 19 heavy (non-hydrogen) atoms. The highest BCUT2D eigenvalue weighted by molar-refractivity contribution is 8.00. The van der Waals surface area contributed by atoms with Crippen LogP contribution in [0.25, 0.3) is 11.2 Å². The van der Waals surface area contributed by atoms with Crippen molar-refractivity contribution in [3.63, 3.8) is 0 Å². The molecule has 6 nitrogen and oxygen atoms in total. The number of nitrogens with one attached hydrogen (secondary N) is 1. The average molecular weight is 275 g/mol. The first-order valence-electron chi connectivity index (χ1n) is 6.41. The molecule has 7 heteroatoms. The summed E-state index contributed by atoms with van der Waals surface area (Å²) in [4.78, 5) is 30.2. The number of rotatable bonds is 2. The molecular weight excluding hydrogens is 262 g/mol. The first kappa shape index (κ1) is 11.4. The second-order valence-electron chi connectivity index (χ2n) is 4.96. The Morgan fingerprint density at radius 1 is 1.26 bits per heavy atom. The smallest absolute Gasteiger partial charge is 0.181 e. The minimum Gasteiger partial charge on any atom is -0.341 e. The van der Waals surface area contributed by atoms with Crippen LogP contribution < -0.4 is 0 Å². The van der Waals surface area contributed by atoms with Crippen LogP contribution in [0.1, 0.15) is 12.8 Å². The molecule has 3 fully saturated rings. The number of carbonyl (C=O) groups is 1. The third-order valence-electron chi connectivity index (χ3n) is 3.92. The molecule has 3 aliphatic heterocycles. The van der Waals surface area contributed by atoms with Gasteiger partial charge in [0.05, 0.1) is 6.33 Å². The van der Waals surface area contributed by atoms with Crippen molar-refractivity contribution in [2.24, 2.45) is 5.92 Å². The SMILES string of the molecule is O=C1C2CCN(CC2)C1Sc1ncnc2nc[nH]c12. The predicted octanol–water partition coefficient (Wildman–Crippen LogP) is 1.07. The van der Waals surface area contributed by atoms with E-state index in [2.05, 4.69) is 24.8 Å². The minimum atomic E-state index is -0.0890. The fourth-order valence-electron chi connectivity index (χ4n) is 2.87. The molecular formula is C12H13N5OS. The summed E-state index contributed by atoms with van der Waals surface area (Å²) >= 11 is 1.52. The molecule has 98 valence electrons. The van der Waals surface area contributed by atoms with E-state index in [9.17, 15) is 4.79 Å². The van der Waals surface area contributed by atoms with Crippen molar-refractivity contribution in [3.05, 3.63) is 12.7 Å². The van der Waals surface area contributed by atoms with Crippen LogP contribution in [0, 0.1) is 5.92 Å². The molecule has 1 unspecified atom stereocenters. The van der Waals surface area contributed by atoms with E-state index in [-0.39, 0.29) is 11.3 Å². The monoisotopic (exact) mass is 275 g/mol. The summed E-state index contributed by atoms with van der Waals surface area (Å²) in [5, 5.41) is 0.724. The van der Waals surface area contributed by atoms with Gasteiger partial charge < -0.3 is 4.98 Å². The number of aromatic nitrogens is 4. The van der Waals surface area contributed by atoms with E-state index in [0.29, 0.717) is 11.4 Å². The van der Waals surface area contributed by atoms with Crippen LogP contribution in [-0.4, -0.2) is 49.1 Å². The number of aromatic amines is 1. The third kappa shape index (κ3) is 1.76. The van der Waals surface area contributed by atoms with E-state index in [0.717, 1.165) is 36.5 Å². The quantitative estimate of drug-likeness (QED) is 0.826. The lowest BCUT2D eigenvalue weighted by Gasteiger charge is -2.43. The highest BCUT2D eigenvalue weighted by atomic mass is 32.2. The molecule has 2 aromatic heterocycles. The predicted molar refractivity (Wildman–Crippen MR) is 70.6 cm³/mol. The first-order valence-corrected chi connectivity index (χ1v) is 7.29. The molecule has 0 aromatic carbocycles. The van der Waals surface area contributed by atoms with Crippen molar-refractivity contribution in [1.82, 2.24) is 24.8 Å². The van der Waals surface area contributed by atoms with Gasteiger partial charge in [0.25, 0.3) is 0 Å². The van der Waals surface area contributed by atoms with E-state index < -0.39 is 0 Å². The maximum atomic E-state index is 12.3. The molecule has 3 aliphatic rings. The molecule has 0 spiro atoms. The number of imidazole rings is 1. The molecule has 3 saturated heterocycles. The van der Waals surface area contributed by atoms with Crippen LogP contribution in [0.5, 0.6) is 0 Å². The van der Waals surface area contributed by atoms with E-state index in [1.165, 1.54) is 18.1 Å². The number of ketones is 1. The Morgan fingerprint density at radius 3 is 2.89 bits per heavy atom. The number of hydrogen-bond acceptors (Lipinski definition) is 6. The average Bonchev–Trinajstić information content (AvgIpc) is 2.92. The largest absolute Gasteiger partial charge is 0.341 e. The number of hydrogen-bond donors (Lipinski definition) is 1. The highest BCUT2D eigenvalue weighted by Gasteiger charge is 2.41. The van der Waals surface area contributed by atoms with Gasteiger partial charge in [-0.25, -0.2) is 15.0 Å². The van der Waals surface area contributed by atoms with Crippen molar-refractivity contribution >= 4 is 28.7 Å². The fraction of sp³-hybridized carbons (Fsp3) is 0.500. The Bertz CT molecular complexity index is 634. The highest BCUT2D eigenvalue weighted by Crippen LogP contribution is 2.38. The fourth-order valence-corrected chi connectivity index (χ4v) is 4.13. The summed E-state index contributed by atoms with van der Waals surface area (Å²) in [6.07, 6.45) is 5.14. The van der Waals surface area contributed by atoms with E-state index in [4.69, 9.17) is 0 Å². The summed E-state index contributed by atoms with van der Waals surface area (Å²) in [5.41, 5.74) is 1.48. The van der Waals surface area contributed by atoms with Crippen LogP contribution in [0.15, 0.2) is 17.7 Å². The Hall–Kier alpha value is -1.47. The maximum absolute atomic E-state index is 12.3. The van der Waals surface area contributed by atoms with Gasteiger partial charge in [0.1, 0.15) is 22.2 Å². The lowest BCUT2D eigenvalue weighted by molar-refractivity contribution is -0.132. The van der Waals surface area contributed by atoms with Crippen molar-refractivity contribution in [2.45, 2.75) is 23.2 Å². The maximum Gasteiger partial charge on any atom is 0.181 e. The first-order chi connectivity index (χ1) is 9.33. The molecule has 2 bridgehead atoms. The van der Waals surface area contributed by atoms with Gasteiger partial charge in [0.2, 0.25) is 0 Å². The Labute approximate surface area is 114 Å². The molecule has 0 amide bonds. The van der Waals surface area contributed by atoms with Crippen LogP contribution in [-0.2, 0) is 4.79 Å². The number of nitrogens with zero attached hydrogens (tertiary/aromatic N) is 4. The number of Topliss-reactive ketones (excluding diaryl/α,β-unsaturated/α-hetero) is 1. The van der Waals surface area contributed by atoms with Gasteiger partial charge in [-0.3, -0.25) is 9.69 Å². The topological polar surface area (TPSA) is 74.8 Å². The van der Waals surface area contributed by atoms with Gasteiger partial charge in [-0.15, -0.1) is 0 Å². The number of fused-ring (bicyclic) bond motifs is 4. The second-order valence-corrected chi connectivity index (χ2v) is 6.03. The van der Waals surface area contributed by atoms with Crippen LogP contribution in [0.2, 0.25) is 0 Å². The van der Waals surface area contributed by atoms with Crippen molar-refractivity contribution < 1.29 is 4.79 Å². The molecule has 0 aliphatic carbocycles. The van der Waals surface area contributed by atoms with Crippen molar-refractivity contribution in [3.8, 4) is 0 Å². The standard InChI is InChI=1S/C12H13N5OS/c18-9-7-1-3-17(4-2-7)12(9)19-11-8-10(14-5-13-8)15-6-16-11/h5-7,12H,1-4H2,(H,13,14,15,16). The van der Waals surface area contributed by atoms with Crippen LogP contribution in [0.3, 0.4) is 0 Å². The number of thioether (sulfide) groups is 1. The molecule has 2 aromatic rings. The summed E-state index contributed by atoms with van der Waals surface area (Å²) in [7, 11) is 0. The van der Waals surface area contributed by atoms with Gasteiger partial charge >= 0.3 is 0 Å². The summed E-state index contributed by atoms with van der Waals surface area (Å²) in [5.74, 6) is 0.607. The zero-order valence-corrected chi connectivity index (χ0v) is 11.1. The minimum absolute atomic E-state index is 0.0890. The van der Waals surface area contributed by atoms with Gasteiger partial charge in [-0.2, -0.15) is 0 Å².